The highest BCUT2D eigenvalue weighted by Gasteiger charge is 2.16. The number of carbonyl (C=O) groups is 1. The smallest absolute Gasteiger partial charge is 0.256 e. The van der Waals surface area contributed by atoms with Crippen molar-refractivity contribution in [3.05, 3.63) is 48.0 Å². The van der Waals surface area contributed by atoms with E-state index in [4.69, 9.17) is 15.2 Å². The second kappa shape index (κ2) is 9.41. The molecule has 1 aromatic heterocycles. The Morgan fingerprint density at radius 2 is 1.71 bits per heavy atom. The van der Waals surface area contributed by atoms with Gasteiger partial charge in [-0.1, -0.05) is 42.4 Å². The van der Waals surface area contributed by atoms with E-state index in [9.17, 15) is 4.79 Å². The molecule has 0 bridgehead atoms. The summed E-state index contributed by atoms with van der Waals surface area (Å²) in [6, 6.07) is 14.0. The van der Waals surface area contributed by atoms with E-state index in [2.05, 4.69) is 28.5 Å². The Bertz CT molecular complexity index is 880. The number of hydrogen-bond acceptors (Lipinski definition) is 6. The number of aromatic nitrogens is 1. The first kappa shape index (κ1) is 19.9. The number of nitrogens with two attached hydrogens (primary N) is 1. The number of nitrogens with one attached hydrogen (secondary N) is 1. The van der Waals surface area contributed by atoms with Crippen LogP contribution in [0, 0.1) is 0 Å². The lowest BCUT2D eigenvalue weighted by Gasteiger charge is -2.09. The number of para-hydroxylation sites is 1. The van der Waals surface area contributed by atoms with Crippen LogP contribution in [-0.4, -0.2) is 31.2 Å². The van der Waals surface area contributed by atoms with Gasteiger partial charge in [0.25, 0.3) is 5.91 Å². The molecule has 148 valence electrons. The van der Waals surface area contributed by atoms with Gasteiger partial charge in [-0.15, -0.1) is 0 Å². The Morgan fingerprint density at radius 1 is 1.07 bits per heavy atom. The van der Waals surface area contributed by atoms with E-state index in [0.29, 0.717) is 17.5 Å². The number of amides is 1. The maximum atomic E-state index is 11.0. The summed E-state index contributed by atoms with van der Waals surface area (Å²) in [5, 5.41) is 4.62. The number of fused-ring (bicyclic) bond motifs is 1. The third-order valence-electron chi connectivity index (χ3n) is 4.65. The topological polar surface area (TPSA) is 86.5 Å². The number of benzene rings is 2. The van der Waals surface area contributed by atoms with Crippen LogP contribution in [0.1, 0.15) is 36.0 Å². The molecule has 2 aromatic carbocycles. The summed E-state index contributed by atoms with van der Waals surface area (Å²) in [7, 11) is 2.95. The van der Waals surface area contributed by atoms with E-state index in [1.807, 2.05) is 6.07 Å². The highest BCUT2D eigenvalue weighted by Crippen LogP contribution is 2.29. The van der Waals surface area contributed by atoms with E-state index >= 15 is 0 Å². The van der Waals surface area contributed by atoms with Crippen LogP contribution in [0.4, 0.5) is 5.13 Å². The number of primary amides is 1. The van der Waals surface area contributed by atoms with Crippen molar-refractivity contribution in [3.8, 4) is 11.5 Å². The molecule has 3 N–H and O–H groups in total. The zero-order chi connectivity index (χ0) is 19.9. The summed E-state index contributed by atoms with van der Waals surface area (Å²) in [4.78, 5) is 15.6. The second-order valence-corrected chi connectivity index (χ2v) is 7.54. The summed E-state index contributed by atoms with van der Waals surface area (Å²) < 4.78 is 11.2. The largest absolute Gasteiger partial charge is 0.496 e. The lowest BCUT2D eigenvalue weighted by molar-refractivity contribution is 0.0994. The number of nitrogens with zero attached hydrogens (tertiary/aromatic N) is 1. The highest BCUT2D eigenvalue weighted by atomic mass is 32.1. The van der Waals surface area contributed by atoms with Gasteiger partial charge in [0.15, 0.2) is 5.13 Å². The number of carbonyl (C=O) groups excluding carboxylic acids is 1. The summed E-state index contributed by atoms with van der Waals surface area (Å²) in [6.45, 7) is 0. The van der Waals surface area contributed by atoms with Crippen LogP contribution in [0.25, 0.3) is 10.2 Å². The molecule has 0 aliphatic heterocycles. The van der Waals surface area contributed by atoms with Crippen LogP contribution < -0.4 is 20.5 Å². The summed E-state index contributed by atoms with van der Waals surface area (Å²) in [6.07, 6.45) is 5.33. The lowest BCUT2D eigenvalue weighted by Crippen LogP contribution is -2.13. The fourth-order valence-electron chi connectivity index (χ4n) is 3.27. The van der Waals surface area contributed by atoms with E-state index < -0.39 is 5.91 Å². The molecule has 3 aromatic rings. The standard InChI is InChI=1S/C12H14N2S.C9H11NO3/c1-2-6-9(5-1)13-12-14-10-7-3-4-8-11(10)15-12;1-12-6-4-3-5-7(13-2)8(6)9(10)11/h3-4,7-9H,1-2,5-6H2,(H,13,14);3-5H,1-2H3,(H2,10,11). The van der Waals surface area contributed by atoms with Crippen LogP contribution in [0.3, 0.4) is 0 Å². The van der Waals surface area contributed by atoms with Crippen molar-refractivity contribution in [2.45, 2.75) is 31.7 Å². The molecule has 4 rings (SSSR count). The van der Waals surface area contributed by atoms with Crippen molar-refractivity contribution in [3.63, 3.8) is 0 Å². The highest BCUT2D eigenvalue weighted by molar-refractivity contribution is 7.22. The molecule has 1 saturated carbocycles. The summed E-state index contributed by atoms with van der Waals surface area (Å²) in [5.41, 5.74) is 6.55. The quantitative estimate of drug-likeness (QED) is 0.662. The monoisotopic (exact) mass is 399 g/mol. The fourth-order valence-corrected chi connectivity index (χ4v) is 4.22. The number of hydrogen-bond donors (Lipinski definition) is 2. The minimum atomic E-state index is -0.561. The van der Waals surface area contributed by atoms with Gasteiger partial charge in [0, 0.05) is 6.04 Å². The molecule has 0 spiro atoms. The summed E-state index contributed by atoms with van der Waals surface area (Å²) >= 11 is 1.76. The van der Waals surface area contributed by atoms with Crippen LogP contribution in [0.2, 0.25) is 0 Å². The molecule has 1 heterocycles. The first-order valence-electron chi connectivity index (χ1n) is 9.25. The average molecular weight is 400 g/mol. The molecule has 6 nitrogen and oxygen atoms in total. The Kier molecular flexibility index (Phi) is 6.71. The first-order valence-corrected chi connectivity index (χ1v) is 10.1. The number of anilines is 1. The van der Waals surface area contributed by atoms with Crippen molar-refractivity contribution < 1.29 is 14.3 Å². The van der Waals surface area contributed by atoms with E-state index in [1.54, 1.807) is 29.5 Å². The van der Waals surface area contributed by atoms with Gasteiger partial charge in [-0.25, -0.2) is 4.98 Å². The van der Waals surface area contributed by atoms with Crippen molar-refractivity contribution in [1.29, 1.82) is 0 Å². The van der Waals surface area contributed by atoms with E-state index in [-0.39, 0.29) is 5.56 Å². The minimum Gasteiger partial charge on any atom is -0.496 e. The molecular weight excluding hydrogens is 374 g/mol. The molecule has 1 amide bonds. The van der Waals surface area contributed by atoms with Crippen molar-refractivity contribution in [2.24, 2.45) is 5.73 Å². The third kappa shape index (κ3) is 4.72. The predicted molar refractivity (Wildman–Crippen MR) is 114 cm³/mol. The molecular formula is C21H25N3O3S. The Morgan fingerprint density at radius 3 is 2.29 bits per heavy atom. The molecule has 28 heavy (non-hydrogen) atoms. The molecule has 7 heteroatoms. The maximum Gasteiger partial charge on any atom is 0.256 e. The normalized spacial score (nSPS) is 13.6. The van der Waals surface area contributed by atoms with Gasteiger partial charge in [0.2, 0.25) is 0 Å². The van der Waals surface area contributed by atoms with Gasteiger partial charge in [0.1, 0.15) is 17.1 Å². The molecule has 0 saturated heterocycles. The predicted octanol–water partition coefficient (Wildman–Crippen LogP) is 4.45. The lowest BCUT2D eigenvalue weighted by atomic mass is 10.1. The van der Waals surface area contributed by atoms with Crippen molar-refractivity contribution in [2.75, 3.05) is 19.5 Å². The van der Waals surface area contributed by atoms with Gasteiger partial charge < -0.3 is 20.5 Å². The second-order valence-electron chi connectivity index (χ2n) is 6.51. The number of rotatable bonds is 5. The first-order chi connectivity index (χ1) is 13.6. The van der Waals surface area contributed by atoms with Crippen molar-refractivity contribution in [1.82, 2.24) is 4.98 Å². The Balaban J connectivity index is 0.000000163. The number of methoxy groups -OCH3 is 2. The average Bonchev–Trinajstić information content (AvgIpc) is 3.37. The molecule has 0 atom stereocenters. The van der Waals surface area contributed by atoms with Gasteiger partial charge in [0.05, 0.1) is 24.4 Å². The van der Waals surface area contributed by atoms with Crippen LogP contribution >= 0.6 is 11.3 Å². The molecule has 0 radical (unpaired) electrons. The molecule has 0 unspecified atom stereocenters. The third-order valence-corrected chi connectivity index (χ3v) is 5.62. The Hall–Kier alpha value is -2.80. The van der Waals surface area contributed by atoms with E-state index in [1.165, 1.54) is 44.6 Å². The number of thiazole rings is 1. The zero-order valence-corrected chi connectivity index (χ0v) is 16.9. The van der Waals surface area contributed by atoms with Crippen LogP contribution in [0.5, 0.6) is 11.5 Å². The van der Waals surface area contributed by atoms with Gasteiger partial charge in [-0.2, -0.15) is 0 Å². The van der Waals surface area contributed by atoms with Gasteiger partial charge >= 0.3 is 0 Å². The van der Waals surface area contributed by atoms with E-state index in [0.717, 1.165) is 10.6 Å². The SMILES string of the molecule is COc1cccc(OC)c1C(N)=O.c1ccc2sc(NC3CCCC3)nc2c1. The summed E-state index contributed by atoms with van der Waals surface area (Å²) in [5.74, 6) is 0.285. The fraction of sp³-hybridized carbons (Fsp3) is 0.333. The maximum absolute atomic E-state index is 11.0. The van der Waals surface area contributed by atoms with Crippen LogP contribution in [-0.2, 0) is 0 Å². The van der Waals surface area contributed by atoms with Gasteiger partial charge in [-0.3, -0.25) is 4.79 Å². The van der Waals surface area contributed by atoms with Crippen molar-refractivity contribution >= 4 is 32.6 Å². The minimum absolute atomic E-state index is 0.271. The Labute approximate surface area is 168 Å². The number of ether oxygens (including phenoxy) is 2. The molecule has 1 aliphatic carbocycles. The zero-order valence-electron chi connectivity index (χ0n) is 16.1. The van der Waals surface area contributed by atoms with Crippen LogP contribution in [0.15, 0.2) is 42.5 Å². The molecule has 1 fully saturated rings. The molecule has 1 aliphatic rings. The van der Waals surface area contributed by atoms with Gasteiger partial charge in [-0.05, 0) is 37.1 Å².